The average molecular weight is 323 g/mol. The molecule has 0 fully saturated rings. The van der Waals surface area contributed by atoms with Crippen molar-refractivity contribution >= 4 is 34.0 Å². The predicted octanol–water partition coefficient (Wildman–Crippen LogP) is 3.72. The fraction of sp³-hybridized carbons (Fsp3) is 0.0588. The number of nitrogens with one attached hydrogen (secondary N) is 1. The number of halogens is 1. The number of amides is 1. The number of anilines is 1. The summed E-state index contributed by atoms with van der Waals surface area (Å²) < 4.78 is 0. The van der Waals surface area contributed by atoms with E-state index in [0.717, 1.165) is 0 Å². The lowest BCUT2D eigenvalue weighted by atomic mass is 10.1. The molecule has 3 rings (SSSR count). The Morgan fingerprint density at radius 1 is 1.22 bits per heavy atom. The van der Waals surface area contributed by atoms with Crippen LogP contribution in [0.2, 0.25) is 5.15 Å². The molecule has 5 nitrogen and oxygen atoms in total. The number of fused-ring (bicyclic) bond motifs is 1. The molecule has 3 aromatic rings. The second-order valence-electron chi connectivity index (χ2n) is 4.93. The van der Waals surface area contributed by atoms with Gasteiger partial charge in [-0.1, -0.05) is 35.9 Å². The van der Waals surface area contributed by atoms with E-state index < -0.39 is 0 Å². The average Bonchev–Trinajstić information content (AvgIpc) is 2.57. The molecule has 0 spiro atoms. The summed E-state index contributed by atoms with van der Waals surface area (Å²) in [6.07, 6.45) is 2.95. The van der Waals surface area contributed by atoms with Crippen molar-refractivity contribution < 1.29 is 4.79 Å². The first kappa shape index (κ1) is 14.9. The fourth-order valence-corrected chi connectivity index (χ4v) is 2.47. The number of aromatic nitrogens is 2. The van der Waals surface area contributed by atoms with Crippen LogP contribution in [0.1, 0.15) is 21.6 Å². The quantitative estimate of drug-likeness (QED) is 0.729. The highest BCUT2D eigenvalue weighted by atomic mass is 35.5. The molecule has 1 aromatic carbocycles. The minimum absolute atomic E-state index is 0.333. The molecule has 0 saturated carbocycles. The Hall–Kier alpha value is -2.97. The summed E-state index contributed by atoms with van der Waals surface area (Å²) in [7, 11) is 0. The molecule has 2 aromatic heterocycles. The van der Waals surface area contributed by atoms with Crippen molar-refractivity contribution in [2.75, 3.05) is 5.32 Å². The molecule has 112 valence electrons. The zero-order valence-corrected chi connectivity index (χ0v) is 12.9. The Kier molecular flexibility index (Phi) is 3.92. The predicted molar refractivity (Wildman–Crippen MR) is 88.4 cm³/mol. The van der Waals surface area contributed by atoms with Gasteiger partial charge in [0.25, 0.3) is 5.91 Å². The van der Waals surface area contributed by atoms with Crippen LogP contribution in [0.5, 0.6) is 0 Å². The number of hydrogen-bond acceptors (Lipinski definition) is 4. The second-order valence-corrected chi connectivity index (χ2v) is 5.29. The molecule has 2 heterocycles. The van der Waals surface area contributed by atoms with Gasteiger partial charge in [-0.3, -0.25) is 9.78 Å². The van der Waals surface area contributed by atoms with E-state index in [9.17, 15) is 4.79 Å². The zero-order valence-electron chi connectivity index (χ0n) is 12.2. The van der Waals surface area contributed by atoms with E-state index in [4.69, 9.17) is 16.9 Å². The molecule has 0 saturated heterocycles. The Morgan fingerprint density at radius 3 is 2.70 bits per heavy atom. The third kappa shape index (κ3) is 2.85. The summed E-state index contributed by atoms with van der Waals surface area (Å²) in [5.74, 6) is -0.333. The summed E-state index contributed by atoms with van der Waals surface area (Å²) in [5, 5.41) is 13.5. The Balaban J connectivity index is 1.99. The van der Waals surface area contributed by atoms with Crippen molar-refractivity contribution in [3.8, 4) is 6.07 Å². The first-order valence-electron chi connectivity index (χ1n) is 6.81. The first-order chi connectivity index (χ1) is 11.1. The van der Waals surface area contributed by atoms with Crippen molar-refractivity contribution in [2.24, 2.45) is 0 Å². The Morgan fingerprint density at radius 2 is 1.96 bits per heavy atom. The van der Waals surface area contributed by atoms with Crippen LogP contribution in [0.25, 0.3) is 10.8 Å². The van der Waals surface area contributed by atoms with Crippen LogP contribution in [0, 0.1) is 18.3 Å². The van der Waals surface area contributed by atoms with E-state index >= 15 is 0 Å². The molecule has 23 heavy (non-hydrogen) atoms. The highest BCUT2D eigenvalue weighted by molar-refractivity contribution is 6.35. The number of rotatable bonds is 2. The van der Waals surface area contributed by atoms with Crippen LogP contribution >= 0.6 is 11.6 Å². The Labute approximate surface area is 137 Å². The summed E-state index contributed by atoms with van der Waals surface area (Å²) in [6.45, 7) is 1.74. The van der Waals surface area contributed by atoms with E-state index in [0.29, 0.717) is 38.4 Å². The highest BCUT2D eigenvalue weighted by Crippen LogP contribution is 2.25. The van der Waals surface area contributed by atoms with Gasteiger partial charge in [0, 0.05) is 11.6 Å². The molecule has 6 heteroatoms. The maximum Gasteiger partial charge on any atom is 0.257 e. The molecule has 0 aliphatic carbocycles. The lowest BCUT2D eigenvalue weighted by Gasteiger charge is -2.09. The van der Waals surface area contributed by atoms with Gasteiger partial charge in [0.2, 0.25) is 0 Å². The molecular formula is C17H11ClN4O. The van der Waals surface area contributed by atoms with Gasteiger partial charge in [-0.15, -0.1) is 0 Å². The van der Waals surface area contributed by atoms with E-state index in [2.05, 4.69) is 15.3 Å². The normalized spacial score (nSPS) is 10.3. The van der Waals surface area contributed by atoms with E-state index in [1.807, 2.05) is 30.3 Å². The monoisotopic (exact) mass is 322 g/mol. The minimum Gasteiger partial charge on any atom is -0.320 e. The molecule has 0 aliphatic rings. The number of carbonyl (C=O) groups excluding carboxylic acids is 1. The number of pyridine rings is 2. The lowest BCUT2D eigenvalue weighted by Crippen LogP contribution is -2.13. The summed E-state index contributed by atoms with van der Waals surface area (Å²) >= 11 is 6.06. The molecule has 0 unspecified atom stereocenters. The van der Waals surface area contributed by atoms with Gasteiger partial charge in [-0.2, -0.15) is 5.26 Å². The van der Waals surface area contributed by atoms with Gasteiger partial charge in [0.05, 0.1) is 28.7 Å². The number of nitrogens with zero attached hydrogens (tertiary/aromatic N) is 3. The number of carbonyl (C=O) groups is 1. The van der Waals surface area contributed by atoms with Crippen LogP contribution in [0.4, 0.5) is 5.69 Å². The first-order valence-corrected chi connectivity index (χ1v) is 7.19. The van der Waals surface area contributed by atoms with Gasteiger partial charge < -0.3 is 5.32 Å². The van der Waals surface area contributed by atoms with E-state index in [1.165, 1.54) is 12.4 Å². The van der Waals surface area contributed by atoms with Crippen molar-refractivity contribution in [1.29, 1.82) is 5.26 Å². The molecule has 1 amide bonds. The molecule has 0 bridgehead atoms. The van der Waals surface area contributed by atoms with Gasteiger partial charge in [0.1, 0.15) is 11.2 Å². The van der Waals surface area contributed by atoms with E-state index in [1.54, 1.807) is 13.0 Å². The molecule has 0 aliphatic heterocycles. The highest BCUT2D eigenvalue weighted by Gasteiger charge is 2.13. The fourth-order valence-electron chi connectivity index (χ4n) is 2.25. The molecule has 1 N–H and O–H groups in total. The van der Waals surface area contributed by atoms with Crippen molar-refractivity contribution in [3.63, 3.8) is 0 Å². The smallest absolute Gasteiger partial charge is 0.257 e. The van der Waals surface area contributed by atoms with Crippen LogP contribution in [0.15, 0.2) is 42.7 Å². The third-order valence-corrected chi connectivity index (χ3v) is 3.76. The minimum atomic E-state index is -0.333. The van der Waals surface area contributed by atoms with Crippen LogP contribution in [-0.2, 0) is 0 Å². The molecular weight excluding hydrogens is 312 g/mol. The Bertz CT molecular complexity index is 962. The topological polar surface area (TPSA) is 78.7 Å². The third-order valence-electron chi connectivity index (χ3n) is 3.46. The summed E-state index contributed by atoms with van der Waals surface area (Å²) in [6, 6.07) is 10.9. The maximum absolute atomic E-state index is 12.5. The summed E-state index contributed by atoms with van der Waals surface area (Å²) in [5.41, 5.74) is 1.89. The largest absolute Gasteiger partial charge is 0.320 e. The van der Waals surface area contributed by atoms with Crippen LogP contribution in [0.3, 0.4) is 0 Å². The van der Waals surface area contributed by atoms with Crippen molar-refractivity contribution in [2.45, 2.75) is 6.92 Å². The number of aryl methyl sites for hydroxylation is 1. The van der Waals surface area contributed by atoms with Crippen molar-refractivity contribution in [3.05, 3.63) is 64.7 Å². The van der Waals surface area contributed by atoms with Crippen LogP contribution < -0.4 is 5.32 Å². The standard InChI is InChI=1S/C17H11ClN4O/c1-10-11(7-19)6-12(8-20-10)22-17(23)15-9-21-16(18)14-5-3-2-4-13(14)15/h2-6,8-9H,1H3,(H,22,23). The number of nitriles is 1. The van der Waals surface area contributed by atoms with Gasteiger partial charge >= 0.3 is 0 Å². The number of hydrogen-bond donors (Lipinski definition) is 1. The maximum atomic E-state index is 12.5. The lowest BCUT2D eigenvalue weighted by molar-refractivity contribution is 0.102. The zero-order chi connectivity index (χ0) is 16.4. The van der Waals surface area contributed by atoms with Gasteiger partial charge in [0.15, 0.2) is 0 Å². The molecule has 0 atom stereocenters. The van der Waals surface area contributed by atoms with Crippen LogP contribution in [-0.4, -0.2) is 15.9 Å². The summed E-state index contributed by atoms with van der Waals surface area (Å²) in [4.78, 5) is 20.7. The number of benzene rings is 1. The molecule has 0 radical (unpaired) electrons. The van der Waals surface area contributed by atoms with Crippen molar-refractivity contribution in [1.82, 2.24) is 9.97 Å². The van der Waals surface area contributed by atoms with Gasteiger partial charge in [-0.25, -0.2) is 4.98 Å². The van der Waals surface area contributed by atoms with Gasteiger partial charge in [-0.05, 0) is 18.4 Å². The SMILES string of the molecule is Cc1ncc(NC(=O)c2cnc(Cl)c3ccccc23)cc1C#N. The van der Waals surface area contributed by atoms with E-state index in [-0.39, 0.29) is 5.91 Å². The second kappa shape index (κ2) is 6.03.